The van der Waals surface area contributed by atoms with Crippen molar-refractivity contribution in [1.29, 1.82) is 0 Å². The number of hydrogen-bond donors (Lipinski definition) is 3. The highest BCUT2D eigenvalue weighted by Crippen LogP contribution is 2.42. The second kappa shape index (κ2) is 6.98. The van der Waals surface area contributed by atoms with E-state index >= 15 is 0 Å². The molecule has 1 aromatic rings. The van der Waals surface area contributed by atoms with Gasteiger partial charge in [0.05, 0.1) is 13.2 Å². The molecule has 1 aliphatic heterocycles. The molecule has 0 saturated heterocycles. The highest BCUT2D eigenvalue weighted by atomic mass is 16.7. The Kier molecular flexibility index (Phi) is 5.27. The van der Waals surface area contributed by atoms with Gasteiger partial charge in [-0.05, 0) is 38.0 Å². The third kappa shape index (κ3) is 3.78. The summed E-state index contributed by atoms with van der Waals surface area (Å²) in [5, 5.41) is 12.9. The van der Waals surface area contributed by atoms with Gasteiger partial charge in [-0.1, -0.05) is 0 Å². The highest BCUT2D eigenvalue weighted by molar-refractivity contribution is 5.55. The van der Waals surface area contributed by atoms with E-state index in [2.05, 4.69) is 5.32 Å². The minimum absolute atomic E-state index is 0.0397. The van der Waals surface area contributed by atoms with Gasteiger partial charge in [0.1, 0.15) is 0 Å². The fraction of sp³-hybridized carbons (Fsp3) is 0.600. The number of aliphatic hydroxyl groups is 1. The lowest BCUT2D eigenvalue weighted by molar-refractivity contribution is 0.168. The lowest BCUT2D eigenvalue weighted by atomic mass is 10.0. The molecule has 6 heteroatoms. The number of methoxy groups -OCH3 is 1. The predicted octanol–water partition coefficient (Wildman–Crippen LogP) is 1.17. The van der Waals surface area contributed by atoms with Gasteiger partial charge in [-0.2, -0.15) is 0 Å². The zero-order valence-electron chi connectivity index (χ0n) is 12.8. The number of ether oxygens (including phenoxy) is 3. The number of benzene rings is 1. The van der Waals surface area contributed by atoms with Gasteiger partial charge >= 0.3 is 0 Å². The van der Waals surface area contributed by atoms with Crippen LogP contribution in [0.4, 0.5) is 0 Å². The number of nitrogens with two attached hydrogens (primary N) is 1. The van der Waals surface area contributed by atoms with Crippen LogP contribution in [0.2, 0.25) is 0 Å². The van der Waals surface area contributed by atoms with Gasteiger partial charge in [-0.3, -0.25) is 0 Å². The summed E-state index contributed by atoms with van der Waals surface area (Å²) in [5.41, 5.74) is 6.87. The molecule has 21 heavy (non-hydrogen) atoms. The molecule has 0 bridgehead atoms. The Balaban J connectivity index is 2.18. The van der Waals surface area contributed by atoms with E-state index in [0.29, 0.717) is 30.2 Å². The SMILES string of the molecule is COc1cc(C(CN)NC(C)CC(C)O)cc2c1OCO2. The molecule has 1 aliphatic rings. The number of fused-ring (bicyclic) bond motifs is 1. The Labute approximate surface area is 125 Å². The summed E-state index contributed by atoms with van der Waals surface area (Å²) < 4.78 is 16.2. The summed E-state index contributed by atoms with van der Waals surface area (Å²) in [4.78, 5) is 0. The topological polar surface area (TPSA) is 86.0 Å². The fourth-order valence-corrected chi connectivity index (χ4v) is 2.57. The number of hydrogen-bond acceptors (Lipinski definition) is 6. The van der Waals surface area contributed by atoms with E-state index in [1.165, 1.54) is 0 Å². The first kappa shape index (κ1) is 15.9. The van der Waals surface area contributed by atoms with Crippen LogP contribution in [0.1, 0.15) is 31.9 Å². The van der Waals surface area contributed by atoms with E-state index in [9.17, 15) is 5.11 Å². The van der Waals surface area contributed by atoms with Gasteiger partial charge in [0.25, 0.3) is 0 Å². The molecule has 0 amide bonds. The molecule has 2 rings (SSSR count). The van der Waals surface area contributed by atoms with Crippen LogP contribution >= 0.6 is 0 Å². The van der Waals surface area contributed by atoms with Crippen LogP contribution in [-0.4, -0.2) is 37.7 Å². The summed E-state index contributed by atoms with van der Waals surface area (Å²) in [6.45, 7) is 4.44. The predicted molar refractivity (Wildman–Crippen MR) is 79.8 cm³/mol. The van der Waals surface area contributed by atoms with E-state index in [4.69, 9.17) is 19.9 Å². The van der Waals surface area contributed by atoms with Gasteiger partial charge in [-0.25, -0.2) is 0 Å². The largest absolute Gasteiger partial charge is 0.493 e. The molecule has 1 aromatic carbocycles. The fourth-order valence-electron chi connectivity index (χ4n) is 2.57. The molecule has 0 saturated carbocycles. The molecule has 3 atom stereocenters. The number of rotatable bonds is 7. The van der Waals surface area contributed by atoms with E-state index in [0.717, 1.165) is 5.56 Å². The Hall–Kier alpha value is -1.50. The molecule has 1 heterocycles. The van der Waals surface area contributed by atoms with E-state index in [1.807, 2.05) is 19.1 Å². The average Bonchev–Trinajstić information content (AvgIpc) is 2.91. The molecule has 0 radical (unpaired) electrons. The molecule has 3 unspecified atom stereocenters. The maximum atomic E-state index is 9.46. The molecular weight excluding hydrogens is 272 g/mol. The summed E-state index contributed by atoms with van der Waals surface area (Å²) >= 11 is 0. The smallest absolute Gasteiger partial charge is 0.231 e. The summed E-state index contributed by atoms with van der Waals surface area (Å²) in [5.74, 6) is 1.95. The Morgan fingerprint density at radius 3 is 2.76 bits per heavy atom. The quantitative estimate of drug-likeness (QED) is 0.700. The van der Waals surface area contributed by atoms with Crippen molar-refractivity contribution < 1.29 is 19.3 Å². The van der Waals surface area contributed by atoms with Gasteiger partial charge in [0.2, 0.25) is 12.5 Å². The Bertz CT molecular complexity index is 479. The Morgan fingerprint density at radius 1 is 1.38 bits per heavy atom. The van der Waals surface area contributed by atoms with Crippen molar-refractivity contribution in [2.45, 2.75) is 38.5 Å². The first-order chi connectivity index (χ1) is 10.0. The molecule has 4 N–H and O–H groups in total. The maximum absolute atomic E-state index is 9.46. The van der Waals surface area contributed by atoms with Crippen molar-refractivity contribution >= 4 is 0 Å². The Morgan fingerprint density at radius 2 is 2.14 bits per heavy atom. The third-order valence-corrected chi connectivity index (χ3v) is 3.50. The van der Waals surface area contributed by atoms with Crippen molar-refractivity contribution in [2.24, 2.45) is 5.73 Å². The summed E-state index contributed by atoms with van der Waals surface area (Å²) in [7, 11) is 1.60. The van der Waals surface area contributed by atoms with Crippen molar-refractivity contribution in [3.63, 3.8) is 0 Å². The molecule has 6 nitrogen and oxygen atoms in total. The molecule has 118 valence electrons. The second-order valence-corrected chi connectivity index (χ2v) is 5.40. The van der Waals surface area contributed by atoms with Crippen LogP contribution in [0.3, 0.4) is 0 Å². The zero-order chi connectivity index (χ0) is 15.4. The molecular formula is C15H24N2O4. The first-order valence-corrected chi connectivity index (χ1v) is 7.16. The van der Waals surface area contributed by atoms with Crippen LogP contribution in [0.25, 0.3) is 0 Å². The molecule has 0 aliphatic carbocycles. The van der Waals surface area contributed by atoms with Gasteiger partial charge in [0, 0.05) is 18.6 Å². The van der Waals surface area contributed by atoms with Crippen LogP contribution in [-0.2, 0) is 0 Å². The van der Waals surface area contributed by atoms with E-state index in [1.54, 1.807) is 14.0 Å². The lowest BCUT2D eigenvalue weighted by Gasteiger charge is -2.24. The lowest BCUT2D eigenvalue weighted by Crippen LogP contribution is -2.36. The summed E-state index contributed by atoms with van der Waals surface area (Å²) in [6.07, 6.45) is 0.315. The normalized spacial score (nSPS) is 17.4. The zero-order valence-corrected chi connectivity index (χ0v) is 12.8. The van der Waals surface area contributed by atoms with Crippen LogP contribution in [0, 0.1) is 0 Å². The van der Waals surface area contributed by atoms with Crippen LogP contribution < -0.4 is 25.3 Å². The van der Waals surface area contributed by atoms with Crippen LogP contribution in [0.5, 0.6) is 17.2 Å². The van der Waals surface area contributed by atoms with E-state index in [-0.39, 0.29) is 25.0 Å². The monoisotopic (exact) mass is 296 g/mol. The standard InChI is InChI=1S/C15H24N2O4/c1-9(4-10(2)18)17-12(7-16)11-5-13(19-3)15-14(6-11)20-8-21-15/h5-6,9-10,12,17-18H,4,7-8,16H2,1-3H3. The van der Waals surface area contributed by atoms with Gasteiger partial charge in [-0.15, -0.1) is 0 Å². The van der Waals surface area contributed by atoms with Crippen LogP contribution in [0.15, 0.2) is 12.1 Å². The number of aliphatic hydroxyl groups excluding tert-OH is 1. The van der Waals surface area contributed by atoms with Crippen molar-refractivity contribution in [3.05, 3.63) is 17.7 Å². The first-order valence-electron chi connectivity index (χ1n) is 7.16. The molecule has 0 spiro atoms. The van der Waals surface area contributed by atoms with Crippen molar-refractivity contribution in [3.8, 4) is 17.2 Å². The maximum Gasteiger partial charge on any atom is 0.231 e. The van der Waals surface area contributed by atoms with Gasteiger partial charge in [0.15, 0.2) is 11.5 Å². The average molecular weight is 296 g/mol. The van der Waals surface area contributed by atoms with Crippen molar-refractivity contribution in [2.75, 3.05) is 20.4 Å². The molecule has 0 fully saturated rings. The second-order valence-electron chi connectivity index (χ2n) is 5.40. The van der Waals surface area contributed by atoms with Gasteiger partial charge < -0.3 is 30.4 Å². The number of nitrogens with one attached hydrogen (secondary N) is 1. The minimum atomic E-state index is -0.350. The summed E-state index contributed by atoms with van der Waals surface area (Å²) in [6, 6.07) is 3.94. The minimum Gasteiger partial charge on any atom is -0.493 e. The van der Waals surface area contributed by atoms with Crippen molar-refractivity contribution in [1.82, 2.24) is 5.32 Å². The molecule has 0 aromatic heterocycles. The highest BCUT2D eigenvalue weighted by Gasteiger charge is 2.23. The van der Waals surface area contributed by atoms with E-state index < -0.39 is 0 Å². The third-order valence-electron chi connectivity index (χ3n) is 3.50.